The maximum atomic E-state index is 5.88. The highest BCUT2D eigenvalue weighted by molar-refractivity contribution is 9.11. The molecule has 1 aromatic carbocycles. The van der Waals surface area contributed by atoms with E-state index in [1.165, 1.54) is 31.2 Å². The smallest absolute Gasteiger partial charge is 0.0631 e. The van der Waals surface area contributed by atoms with Crippen LogP contribution < -0.4 is 11.1 Å². The van der Waals surface area contributed by atoms with E-state index in [9.17, 15) is 0 Å². The number of hydrogen-bond donors (Lipinski definition) is 2. The van der Waals surface area contributed by atoms with Crippen LogP contribution in [0.15, 0.2) is 21.1 Å². The highest BCUT2D eigenvalue weighted by Gasteiger charge is 2.24. The van der Waals surface area contributed by atoms with Crippen molar-refractivity contribution >= 4 is 37.5 Å². The van der Waals surface area contributed by atoms with Gasteiger partial charge in [-0.3, -0.25) is 0 Å². The Bertz CT molecular complexity index is 397. The lowest BCUT2D eigenvalue weighted by molar-refractivity contribution is 0.332. The Balaban J connectivity index is 2.17. The van der Waals surface area contributed by atoms with E-state index in [1.807, 2.05) is 0 Å². The minimum absolute atomic E-state index is 0.499. The molecule has 1 aromatic rings. The minimum atomic E-state index is 0.499. The van der Waals surface area contributed by atoms with Crippen LogP contribution in [0.5, 0.6) is 0 Å². The Morgan fingerprint density at radius 2 is 1.83 bits per heavy atom. The molecule has 2 nitrogen and oxygen atoms in total. The Labute approximate surface area is 126 Å². The molecule has 0 aromatic heterocycles. The van der Waals surface area contributed by atoms with E-state index in [2.05, 4.69) is 56.2 Å². The monoisotopic (exact) mass is 374 g/mol. The summed E-state index contributed by atoms with van der Waals surface area (Å²) in [6.45, 7) is 2.88. The van der Waals surface area contributed by atoms with Crippen LogP contribution in [-0.2, 0) is 0 Å². The van der Waals surface area contributed by atoms with E-state index in [1.54, 1.807) is 0 Å². The van der Waals surface area contributed by atoms with Gasteiger partial charge in [-0.05, 0) is 81.8 Å². The zero-order chi connectivity index (χ0) is 13.1. The summed E-state index contributed by atoms with van der Waals surface area (Å²) in [5.41, 5.74) is 8.29. The summed E-state index contributed by atoms with van der Waals surface area (Å²) in [6, 6.07) is 4.79. The average Bonchev–Trinajstić information content (AvgIpc) is 2.34. The van der Waals surface area contributed by atoms with Gasteiger partial charge in [0.25, 0.3) is 0 Å². The Morgan fingerprint density at radius 1 is 1.22 bits per heavy atom. The second-order valence-electron chi connectivity index (χ2n) is 5.13. The number of benzene rings is 1. The van der Waals surface area contributed by atoms with Gasteiger partial charge in [-0.15, -0.1) is 0 Å². The summed E-state index contributed by atoms with van der Waals surface area (Å²) in [6.07, 6.45) is 5.08. The third-order valence-corrected chi connectivity index (χ3v) is 4.98. The van der Waals surface area contributed by atoms with Gasteiger partial charge < -0.3 is 11.1 Å². The SMILES string of the molecule is Cc1cc(Br)c(NC2CCCCC2CN)c(Br)c1. The molecule has 2 rings (SSSR count). The molecule has 0 saturated heterocycles. The number of rotatable bonds is 3. The molecule has 0 bridgehead atoms. The highest BCUT2D eigenvalue weighted by atomic mass is 79.9. The Morgan fingerprint density at radius 3 is 2.44 bits per heavy atom. The Kier molecular flexibility index (Phi) is 5.10. The topological polar surface area (TPSA) is 38.0 Å². The molecule has 18 heavy (non-hydrogen) atoms. The van der Waals surface area contributed by atoms with Gasteiger partial charge in [0.05, 0.1) is 5.69 Å². The van der Waals surface area contributed by atoms with E-state index in [0.717, 1.165) is 21.2 Å². The van der Waals surface area contributed by atoms with Crippen molar-refractivity contribution in [3.8, 4) is 0 Å². The molecule has 4 heteroatoms. The maximum Gasteiger partial charge on any atom is 0.0631 e. The van der Waals surface area contributed by atoms with Crippen molar-refractivity contribution in [2.24, 2.45) is 11.7 Å². The molecule has 1 aliphatic rings. The standard InChI is InChI=1S/C14H20Br2N2/c1-9-6-11(15)14(12(16)7-9)18-13-5-3-2-4-10(13)8-17/h6-7,10,13,18H,2-5,8,17H2,1H3. The number of nitrogens with one attached hydrogen (secondary N) is 1. The number of nitrogens with two attached hydrogens (primary N) is 1. The zero-order valence-corrected chi connectivity index (χ0v) is 13.9. The van der Waals surface area contributed by atoms with Gasteiger partial charge in [0.2, 0.25) is 0 Å². The first-order valence-corrected chi connectivity index (χ1v) is 8.12. The third-order valence-electron chi connectivity index (χ3n) is 3.73. The molecule has 1 aliphatic carbocycles. The lowest BCUT2D eigenvalue weighted by Gasteiger charge is -2.32. The molecule has 0 radical (unpaired) electrons. The van der Waals surface area contributed by atoms with E-state index < -0.39 is 0 Å². The van der Waals surface area contributed by atoms with Crippen molar-refractivity contribution in [1.82, 2.24) is 0 Å². The summed E-state index contributed by atoms with van der Waals surface area (Å²) < 4.78 is 2.24. The van der Waals surface area contributed by atoms with Gasteiger partial charge in [0, 0.05) is 15.0 Å². The normalized spacial score (nSPS) is 24.0. The largest absolute Gasteiger partial charge is 0.380 e. The predicted octanol–water partition coefficient (Wildman–Crippen LogP) is 4.45. The molecule has 0 heterocycles. The summed E-state index contributed by atoms with van der Waals surface area (Å²) in [4.78, 5) is 0. The van der Waals surface area contributed by atoms with Gasteiger partial charge in [-0.1, -0.05) is 12.8 Å². The van der Waals surface area contributed by atoms with Crippen molar-refractivity contribution in [1.29, 1.82) is 0 Å². The van der Waals surface area contributed by atoms with Crippen LogP contribution in [-0.4, -0.2) is 12.6 Å². The predicted molar refractivity (Wildman–Crippen MR) is 85.0 cm³/mol. The third kappa shape index (κ3) is 3.28. The van der Waals surface area contributed by atoms with Crippen LogP contribution in [0.4, 0.5) is 5.69 Å². The number of hydrogen-bond acceptors (Lipinski definition) is 2. The highest BCUT2D eigenvalue weighted by Crippen LogP contribution is 2.35. The lowest BCUT2D eigenvalue weighted by atomic mass is 9.84. The molecule has 0 amide bonds. The fourth-order valence-corrected chi connectivity index (χ4v) is 4.35. The first-order valence-electron chi connectivity index (χ1n) is 6.54. The van der Waals surface area contributed by atoms with Crippen LogP contribution in [0, 0.1) is 12.8 Å². The Hall–Kier alpha value is -0.0600. The van der Waals surface area contributed by atoms with Gasteiger partial charge >= 0.3 is 0 Å². The van der Waals surface area contributed by atoms with Crippen molar-refractivity contribution in [3.05, 3.63) is 26.6 Å². The van der Waals surface area contributed by atoms with Gasteiger partial charge in [0.1, 0.15) is 0 Å². The number of aryl methyl sites for hydroxylation is 1. The summed E-state index contributed by atoms with van der Waals surface area (Å²) in [5, 5.41) is 3.67. The lowest BCUT2D eigenvalue weighted by Crippen LogP contribution is -2.36. The molecule has 2 atom stereocenters. The molecule has 2 unspecified atom stereocenters. The maximum absolute atomic E-state index is 5.88. The van der Waals surface area contributed by atoms with Gasteiger partial charge in [-0.2, -0.15) is 0 Å². The quantitative estimate of drug-likeness (QED) is 0.818. The van der Waals surface area contributed by atoms with Gasteiger partial charge in [-0.25, -0.2) is 0 Å². The van der Waals surface area contributed by atoms with Crippen molar-refractivity contribution < 1.29 is 0 Å². The van der Waals surface area contributed by atoms with Crippen LogP contribution >= 0.6 is 31.9 Å². The summed E-state index contributed by atoms with van der Waals surface area (Å²) in [5.74, 6) is 0.596. The molecule has 1 fully saturated rings. The number of anilines is 1. The molecular weight excluding hydrogens is 356 g/mol. The van der Waals surface area contributed by atoms with Gasteiger partial charge in [0.15, 0.2) is 0 Å². The first kappa shape index (κ1) is 14.4. The minimum Gasteiger partial charge on any atom is -0.380 e. The van der Waals surface area contributed by atoms with Crippen LogP contribution in [0.3, 0.4) is 0 Å². The zero-order valence-electron chi connectivity index (χ0n) is 10.7. The molecule has 1 saturated carbocycles. The molecule has 100 valence electrons. The average molecular weight is 376 g/mol. The van der Waals surface area contributed by atoms with E-state index in [-0.39, 0.29) is 0 Å². The molecule has 0 aliphatic heterocycles. The molecule has 0 spiro atoms. The number of halogens is 2. The second kappa shape index (κ2) is 6.40. The van der Waals surface area contributed by atoms with Crippen LogP contribution in [0.2, 0.25) is 0 Å². The van der Waals surface area contributed by atoms with Crippen molar-refractivity contribution in [3.63, 3.8) is 0 Å². The second-order valence-corrected chi connectivity index (χ2v) is 6.84. The molecular formula is C14H20Br2N2. The summed E-state index contributed by atoms with van der Waals surface area (Å²) >= 11 is 7.29. The fraction of sp³-hybridized carbons (Fsp3) is 0.571. The first-order chi connectivity index (χ1) is 8.61. The van der Waals surface area contributed by atoms with Crippen molar-refractivity contribution in [2.75, 3.05) is 11.9 Å². The summed E-state index contributed by atoms with van der Waals surface area (Å²) in [7, 11) is 0. The van der Waals surface area contributed by atoms with Crippen LogP contribution in [0.25, 0.3) is 0 Å². The van der Waals surface area contributed by atoms with Crippen LogP contribution in [0.1, 0.15) is 31.2 Å². The van der Waals surface area contributed by atoms with Crippen molar-refractivity contribution in [2.45, 2.75) is 38.6 Å². The van der Waals surface area contributed by atoms with E-state index in [0.29, 0.717) is 12.0 Å². The van der Waals surface area contributed by atoms with E-state index in [4.69, 9.17) is 5.73 Å². The molecule has 3 N–H and O–H groups in total. The fourth-order valence-electron chi connectivity index (χ4n) is 2.70. The van der Waals surface area contributed by atoms with E-state index >= 15 is 0 Å².